The number of hydrogen-bond acceptors (Lipinski definition) is 3. The van der Waals surface area contributed by atoms with Crippen LogP contribution in [0.15, 0.2) is 48.5 Å². The Morgan fingerprint density at radius 2 is 1.94 bits per heavy atom. The zero-order valence-electron chi connectivity index (χ0n) is 18.3. The van der Waals surface area contributed by atoms with E-state index in [1.807, 2.05) is 62.4 Å². The van der Waals surface area contributed by atoms with Crippen LogP contribution in [0.4, 0.5) is 4.79 Å². The lowest BCUT2D eigenvalue weighted by Crippen LogP contribution is -2.56. The molecule has 0 radical (unpaired) electrons. The Kier molecular flexibility index (Phi) is 6.16. The number of fused-ring (bicyclic) bond motifs is 1. The van der Waals surface area contributed by atoms with E-state index in [9.17, 15) is 9.59 Å². The number of nitrogens with zero attached hydrogens (tertiary/aromatic N) is 1. The molecule has 2 aliphatic rings. The van der Waals surface area contributed by atoms with Crippen LogP contribution in [0, 0.1) is 12.3 Å². The van der Waals surface area contributed by atoms with Gasteiger partial charge in [0.1, 0.15) is 12.4 Å². The van der Waals surface area contributed by atoms with Crippen LogP contribution >= 0.6 is 0 Å². The summed E-state index contributed by atoms with van der Waals surface area (Å²) in [5.74, 6) is 0.895. The highest BCUT2D eigenvalue weighted by atomic mass is 16.5. The molecule has 1 saturated heterocycles. The summed E-state index contributed by atoms with van der Waals surface area (Å²) in [5.41, 5.74) is 2.79. The monoisotopic (exact) mass is 421 g/mol. The standard InChI is InChI=1S/C25H31N3O3/c1-18-8-3-4-10-20(18)15-26-23(29)25(2)12-7-13-28(17-25)24(30)27-21-14-19-9-5-6-11-22(19)31-16-21/h3-6,8-11,21H,7,12-17H2,1-2H3,(H,26,29)(H,27,30). The van der Waals surface area contributed by atoms with Gasteiger partial charge in [0.2, 0.25) is 5.91 Å². The molecule has 2 N–H and O–H groups in total. The molecule has 0 saturated carbocycles. The fraction of sp³-hybridized carbons (Fsp3) is 0.440. The average molecular weight is 422 g/mol. The van der Waals surface area contributed by atoms with E-state index in [0.29, 0.717) is 26.2 Å². The fourth-order valence-corrected chi connectivity index (χ4v) is 4.48. The second-order valence-electron chi connectivity index (χ2n) is 8.96. The van der Waals surface area contributed by atoms with Crippen LogP contribution in [0.25, 0.3) is 0 Å². The first kappa shape index (κ1) is 21.2. The molecule has 2 aromatic carbocycles. The Morgan fingerprint density at radius 3 is 2.77 bits per heavy atom. The number of carbonyl (C=O) groups excluding carboxylic acids is 2. The second kappa shape index (κ2) is 9.00. The number of hydrogen-bond donors (Lipinski definition) is 2. The molecule has 6 heteroatoms. The number of piperidine rings is 1. The summed E-state index contributed by atoms with van der Waals surface area (Å²) in [6.07, 6.45) is 2.34. The van der Waals surface area contributed by atoms with Crippen LogP contribution < -0.4 is 15.4 Å². The maximum atomic E-state index is 13.0. The minimum atomic E-state index is -0.589. The molecule has 0 aromatic heterocycles. The van der Waals surface area contributed by atoms with Crippen molar-refractivity contribution >= 4 is 11.9 Å². The number of ether oxygens (including phenoxy) is 1. The molecular weight excluding hydrogens is 390 g/mol. The Morgan fingerprint density at radius 1 is 1.16 bits per heavy atom. The van der Waals surface area contributed by atoms with Gasteiger partial charge in [0.25, 0.3) is 0 Å². The van der Waals surface area contributed by atoms with Gasteiger partial charge in [-0.05, 0) is 55.9 Å². The smallest absolute Gasteiger partial charge is 0.317 e. The van der Waals surface area contributed by atoms with Crippen LogP contribution in [0.5, 0.6) is 5.75 Å². The van der Waals surface area contributed by atoms with Gasteiger partial charge in [0.15, 0.2) is 0 Å². The van der Waals surface area contributed by atoms with E-state index in [2.05, 4.69) is 10.6 Å². The fourth-order valence-electron chi connectivity index (χ4n) is 4.48. The lowest BCUT2D eigenvalue weighted by molar-refractivity contribution is -0.132. The highest BCUT2D eigenvalue weighted by Crippen LogP contribution is 2.30. The minimum absolute atomic E-state index is 0.00294. The molecule has 0 aliphatic carbocycles. The first-order chi connectivity index (χ1) is 14.9. The van der Waals surface area contributed by atoms with Gasteiger partial charge in [0, 0.05) is 19.6 Å². The van der Waals surface area contributed by atoms with Gasteiger partial charge in [-0.3, -0.25) is 4.79 Å². The minimum Gasteiger partial charge on any atom is -0.491 e. The van der Waals surface area contributed by atoms with E-state index in [1.165, 1.54) is 0 Å². The van der Waals surface area contributed by atoms with Gasteiger partial charge in [0.05, 0.1) is 11.5 Å². The normalized spacial score (nSPS) is 22.8. The Bertz CT molecular complexity index is 961. The van der Waals surface area contributed by atoms with Crippen molar-refractivity contribution in [2.24, 2.45) is 5.41 Å². The molecule has 6 nitrogen and oxygen atoms in total. The second-order valence-corrected chi connectivity index (χ2v) is 8.96. The van der Waals surface area contributed by atoms with E-state index >= 15 is 0 Å². The van der Waals surface area contributed by atoms with E-state index in [4.69, 9.17) is 4.74 Å². The van der Waals surface area contributed by atoms with E-state index in [1.54, 1.807) is 4.90 Å². The van der Waals surface area contributed by atoms with Gasteiger partial charge in [-0.2, -0.15) is 0 Å². The third-order valence-corrected chi connectivity index (χ3v) is 6.44. The molecule has 31 heavy (non-hydrogen) atoms. The van der Waals surface area contributed by atoms with Crippen LogP contribution in [0.3, 0.4) is 0 Å². The largest absolute Gasteiger partial charge is 0.491 e. The lowest BCUT2D eigenvalue weighted by atomic mass is 9.81. The van der Waals surface area contributed by atoms with Gasteiger partial charge in [-0.1, -0.05) is 42.5 Å². The van der Waals surface area contributed by atoms with Crippen molar-refractivity contribution in [3.05, 3.63) is 65.2 Å². The molecule has 2 aliphatic heterocycles. The number of amides is 3. The molecule has 0 spiro atoms. The third kappa shape index (κ3) is 4.84. The van der Waals surface area contributed by atoms with Crippen molar-refractivity contribution in [3.8, 4) is 5.75 Å². The maximum absolute atomic E-state index is 13.0. The molecule has 164 valence electrons. The topological polar surface area (TPSA) is 70.7 Å². The zero-order valence-corrected chi connectivity index (χ0v) is 18.3. The molecule has 4 rings (SSSR count). The van der Waals surface area contributed by atoms with E-state index in [-0.39, 0.29) is 18.0 Å². The number of carbonyl (C=O) groups is 2. The number of nitrogens with one attached hydrogen (secondary N) is 2. The van der Waals surface area contributed by atoms with Crippen molar-refractivity contribution in [3.63, 3.8) is 0 Å². The molecule has 2 unspecified atom stereocenters. The van der Waals surface area contributed by atoms with Crippen molar-refractivity contribution in [1.29, 1.82) is 0 Å². The summed E-state index contributed by atoms with van der Waals surface area (Å²) in [7, 11) is 0. The molecule has 0 bridgehead atoms. The molecule has 2 heterocycles. The summed E-state index contributed by atoms with van der Waals surface area (Å²) < 4.78 is 5.79. The molecule has 1 fully saturated rings. The maximum Gasteiger partial charge on any atom is 0.317 e. The average Bonchev–Trinajstić information content (AvgIpc) is 2.78. The number of para-hydroxylation sites is 1. The lowest BCUT2D eigenvalue weighted by Gasteiger charge is -2.40. The summed E-state index contributed by atoms with van der Waals surface area (Å²) in [6.45, 7) is 6.05. The zero-order chi connectivity index (χ0) is 21.8. The van der Waals surface area contributed by atoms with Crippen molar-refractivity contribution in [1.82, 2.24) is 15.5 Å². The van der Waals surface area contributed by atoms with Crippen LogP contribution in [-0.4, -0.2) is 42.6 Å². The highest BCUT2D eigenvalue weighted by molar-refractivity contribution is 5.84. The number of likely N-dealkylation sites (tertiary alicyclic amines) is 1. The molecule has 2 aromatic rings. The van der Waals surface area contributed by atoms with Crippen molar-refractivity contribution in [2.75, 3.05) is 19.7 Å². The number of rotatable bonds is 4. The summed E-state index contributed by atoms with van der Waals surface area (Å²) in [5, 5.41) is 6.19. The van der Waals surface area contributed by atoms with E-state index < -0.39 is 5.41 Å². The first-order valence-electron chi connectivity index (χ1n) is 11.0. The predicted molar refractivity (Wildman–Crippen MR) is 120 cm³/mol. The Hall–Kier alpha value is -3.02. The summed E-state index contributed by atoms with van der Waals surface area (Å²) in [4.78, 5) is 27.7. The van der Waals surface area contributed by atoms with Crippen molar-refractivity contribution < 1.29 is 14.3 Å². The third-order valence-electron chi connectivity index (χ3n) is 6.44. The van der Waals surface area contributed by atoms with Gasteiger partial charge >= 0.3 is 6.03 Å². The summed E-state index contributed by atoms with van der Waals surface area (Å²) in [6, 6.07) is 15.8. The van der Waals surface area contributed by atoms with Gasteiger partial charge < -0.3 is 20.3 Å². The van der Waals surface area contributed by atoms with Gasteiger partial charge in [-0.15, -0.1) is 0 Å². The molecule has 3 amide bonds. The number of urea groups is 1. The molecule has 2 atom stereocenters. The molecular formula is C25H31N3O3. The Balaban J connectivity index is 1.33. The predicted octanol–water partition coefficient (Wildman–Crippen LogP) is 3.43. The van der Waals surface area contributed by atoms with E-state index in [0.717, 1.165) is 41.7 Å². The van der Waals surface area contributed by atoms with Crippen molar-refractivity contribution in [2.45, 2.75) is 45.7 Å². The quantitative estimate of drug-likeness (QED) is 0.795. The van der Waals surface area contributed by atoms with Crippen LogP contribution in [0.1, 0.15) is 36.5 Å². The summed E-state index contributed by atoms with van der Waals surface area (Å²) >= 11 is 0. The number of aryl methyl sites for hydroxylation is 1. The SMILES string of the molecule is Cc1ccccc1CNC(=O)C1(C)CCCN(C(=O)NC2COc3ccccc3C2)C1. The first-order valence-corrected chi connectivity index (χ1v) is 11.0. The number of benzene rings is 2. The Labute approximate surface area is 184 Å². The van der Waals surface area contributed by atoms with Gasteiger partial charge in [-0.25, -0.2) is 4.79 Å². The van der Waals surface area contributed by atoms with Crippen LogP contribution in [-0.2, 0) is 17.8 Å². The van der Waals surface area contributed by atoms with Crippen LogP contribution in [0.2, 0.25) is 0 Å². The highest BCUT2D eigenvalue weighted by Gasteiger charge is 2.39.